The van der Waals surface area contributed by atoms with E-state index in [9.17, 15) is 9.59 Å². The molecule has 0 bridgehead atoms. The van der Waals surface area contributed by atoms with Gasteiger partial charge in [0.25, 0.3) is 5.91 Å². The highest BCUT2D eigenvalue weighted by Crippen LogP contribution is 2.33. The van der Waals surface area contributed by atoms with Crippen LogP contribution in [-0.4, -0.2) is 31.8 Å². The molecule has 3 rings (SSSR count). The van der Waals surface area contributed by atoms with Crippen molar-refractivity contribution in [1.82, 2.24) is 0 Å². The first kappa shape index (κ1) is 17.2. The molecule has 1 heterocycles. The third-order valence-electron chi connectivity index (χ3n) is 3.76. The summed E-state index contributed by atoms with van der Waals surface area (Å²) in [4.78, 5) is 25.3. The summed E-state index contributed by atoms with van der Waals surface area (Å²) >= 11 is 1.60. The molecule has 0 spiro atoms. The van der Waals surface area contributed by atoms with Gasteiger partial charge in [0.05, 0.1) is 25.6 Å². The zero-order valence-corrected chi connectivity index (χ0v) is 14.7. The molecule has 0 aromatic heterocycles. The summed E-state index contributed by atoms with van der Waals surface area (Å²) in [6.07, 6.45) is 0.460. The van der Waals surface area contributed by atoms with Crippen LogP contribution in [0.5, 0.6) is 11.5 Å². The first-order valence-corrected chi connectivity index (χ1v) is 8.69. The van der Waals surface area contributed by atoms with Crippen LogP contribution >= 0.6 is 11.8 Å². The Morgan fingerprint density at radius 2 is 2.00 bits per heavy atom. The summed E-state index contributed by atoms with van der Waals surface area (Å²) in [7, 11) is 3.09. The maximum absolute atomic E-state index is 12.6. The lowest BCUT2D eigenvalue weighted by atomic mass is 10.1. The van der Waals surface area contributed by atoms with E-state index in [1.54, 1.807) is 49.2 Å². The lowest BCUT2D eigenvalue weighted by Gasteiger charge is -2.13. The maximum Gasteiger partial charge on any atom is 0.255 e. The number of ether oxygens (including phenoxy) is 2. The van der Waals surface area contributed by atoms with Gasteiger partial charge >= 0.3 is 0 Å². The Hall–Kier alpha value is -2.67. The second-order valence-electron chi connectivity index (χ2n) is 5.38. The van der Waals surface area contributed by atoms with Crippen molar-refractivity contribution in [1.29, 1.82) is 0 Å². The van der Waals surface area contributed by atoms with Gasteiger partial charge in [-0.2, -0.15) is 0 Å². The normalized spacial score (nSPS) is 13.3. The second-order valence-corrected chi connectivity index (χ2v) is 6.51. The molecule has 0 atom stereocenters. The van der Waals surface area contributed by atoms with Gasteiger partial charge in [0.2, 0.25) is 5.91 Å². The van der Waals surface area contributed by atoms with E-state index in [4.69, 9.17) is 9.47 Å². The van der Waals surface area contributed by atoms with Crippen molar-refractivity contribution in [3.63, 3.8) is 0 Å². The fourth-order valence-corrected chi connectivity index (χ4v) is 3.40. The standard InChI is InChI=1S/C18H18N2O4S/c1-23-12-4-5-15(24-2)13(10-12)20-18(22)11-3-6-16-14(9-11)19-17(21)7-8-25-16/h3-6,9-10H,7-8H2,1-2H3,(H,19,21)(H,20,22). The van der Waals surface area contributed by atoms with Crippen molar-refractivity contribution in [3.8, 4) is 11.5 Å². The molecule has 0 fully saturated rings. The number of nitrogens with one attached hydrogen (secondary N) is 2. The van der Waals surface area contributed by atoms with Crippen LogP contribution in [0, 0.1) is 0 Å². The number of carbonyl (C=O) groups is 2. The van der Waals surface area contributed by atoms with E-state index >= 15 is 0 Å². The van der Waals surface area contributed by atoms with E-state index in [0.29, 0.717) is 34.9 Å². The van der Waals surface area contributed by atoms with Crippen LogP contribution in [0.1, 0.15) is 16.8 Å². The monoisotopic (exact) mass is 358 g/mol. The van der Waals surface area contributed by atoms with E-state index in [-0.39, 0.29) is 11.8 Å². The zero-order valence-electron chi connectivity index (χ0n) is 13.9. The number of carbonyl (C=O) groups excluding carboxylic acids is 2. The molecule has 25 heavy (non-hydrogen) atoms. The Bertz CT molecular complexity index is 823. The number of hydrogen-bond acceptors (Lipinski definition) is 5. The van der Waals surface area contributed by atoms with Gasteiger partial charge in [-0.1, -0.05) is 0 Å². The molecule has 0 aliphatic carbocycles. The number of thioether (sulfide) groups is 1. The molecule has 130 valence electrons. The number of fused-ring (bicyclic) bond motifs is 1. The Balaban J connectivity index is 1.86. The number of amides is 2. The molecule has 2 aromatic rings. The van der Waals surface area contributed by atoms with Gasteiger partial charge in [0, 0.05) is 28.7 Å². The highest BCUT2D eigenvalue weighted by atomic mass is 32.2. The average molecular weight is 358 g/mol. The molecule has 2 amide bonds. The summed E-state index contributed by atoms with van der Waals surface area (Å²) in [5.74, 6) is 1.54. The van der Waals surface area contributed by atoms with Crippen LogP contribution in [-0.2, 0) is 4.79 Å². The van der Waals surface area contributed by atoms with E-state index in [2.05, 4.69) is 10.6 Å². The smallest absolute Gasteiger partial charge is 0.255 e. The SMILES string of the molecule is COc1ccc(OC)c(NC(=O)c2ccc3c(c2)NC(=O)CCS3)c1. The van der Waals surface area contributed by atoms with Gasteiger partial charge in [0.1, 0.15) is 11.5 Å². The summed E-state index contributed by atoms with van der Waals surface area (Å²) in [5.41, 5.74) is 1.63. The lowest BCUT2D eigenvalue weighted by molar-refractivity contribution is -0.115. The van der Waals surface area contributed by atoms with Crippen LogP contribution in [0.2, 0.25) is 0 Å². The molecule has 1 aliphatic heterocycles. The Morgan fingerprint density at radius 1 is 1.16 bits per heavy atom. The van der Waals surface area contributed by atoms with Gasteiger partial charge in [0.15, 0.2) is 0 Å². The number of benzene rings is 2. The van der Waals surface area contributed by atoms with E-state index in [1.165, 1.54) is 7.11 Å². The first-order chi connectivity index (χ1) is 12.1. The van der Waals surface area contributed by atoms with Gasteiger partial charge in [-0.3, -0.25) is 9.59 Å². The number of methoxy groups -OCH3 is 2. The summed E-state index contributed by atoms with van der Waals surface area (Å²) < 4.78 is 10.5. The fraction of sp³-hybridized carbons (Fsp3) is 0.222. The van der Waals surface area contributed by atoms with Gasteiger partial charge in [-0.05, 0) is 30.3 Å². The molecule has 6 nitrogen and oxygen atoms in total. The molecule has 7 heteroatoms. The minimum atomic E-state index is -0.294. The predicted molar refractivity (Wildman–Crippen MR) is 97.9 cm³/mol. The van der Waals surface area contributed by atoms with Crippen LogP contribution in [0.25, 0.3) is 0 Å². The minimum absolute atomic E-state index is 0.0433. The fourth-order valence-electron chi connectivity index (χ4n) is 2.47. The Morgan fingerprint density at radius 3 is 2.76 bits per heavy atom. The second kappa shape index (κ2) is 7.48. The summed E-state index contributed by atoms with van der Waals surface area (Å²) in [6, 6.07) is 10.5. The van der Waals surface area contributed by atoms with Crippen LogP contribution in [0.3, 0.4) is 0 Å². The zero-order chi connectivity index (χ0) is 17.8. The van der Waals surface area contributed by atoms with E-state index in [1.807, 2.05) is 6.07 Å². The highest BCUT2D eigenvalue weighted by Gasteiger charge is 2.17. The van der Waals surface area contributed by atoms with Crippen molar-refractivity contribution >= 4 is 35.0 Å². The Kier molecular flexibility index (Phi) is 5.14. The third-order valence-corrected chi connectivity index (χ3v) is 4.83. The molecule has 0 radical (unpaired) electrons. The number of rotatable bonds is 4. The molecule has 0 saturated heterocycles. The molecule has 0 saturated carbocycles. The van der Waals surface area contributed by atoms with Gasteiger partial charge in [-0.15, -0.1) is 11.8 Å². The quantitative estimate of drug-likeness (QED) is 0.876. The summed E-state index contributed by atoms with van der Waals surface area (Å²) in [5, 5.41) is 5.66. The highest BCUT2D eigenvalue weighted by molar-refractivity contribution is 7.99. The van der Waals surface area contributed by atoms with Crippen LogP contribution in [0.4, 0.5) is 11.4 Å². The van der Waals surface area contributed by atoms with Crippen molar-refractivity contribution in [2.24, 2.45) is 0 Å². The van der Waals surface area contributed by atoms with E-state index in [0.717, 1.165) is 10.6 Å². The van der Waals surface area contributed by atoms with Crippen LogP contribution in [0.15, 0.2) is 41.3 Å². The molecule has 0 unspecified atom stereocenters. The minimum Gasteiger partial charge on any atom is -0.497 e. The van der Waals surface area contributed by atoms with Crippen molar-refractivity contribution < 1.29 is 19.1 Å². The predicted octanol–water partition coefficient (Wildman–Crippen LogP) is 3.39. The van der Waals surface area contributed by atoms with Crippen LogP contribution < -0.4 is 20.1 Å². The van der Waals surface area contributed by atoms with Crippen molar-refractivity contribution in [3.05, 3.63) is 42.0 Å². The van der Waals surface area contributed by atoms with Crippen molar-refractivity contribution in [2.45, 2.75) is 11.3 Å². The molecular weight excluding hydrogens is 340 g/mol. The topological polar surface area (TPSA) is 76.7 Å². The number of anilines is 2. The Labute approximate surface area is 149 Å². The molecule has 2 N–H and O–H groups in total. The molecule has 2 aromatic carbocycles. The molecular formula is C18H18N2O4S. The molecule has 1 aliphatic rings. The van der Waals surface area contributed by atoms with Gasteiger partial charge in [-0.25, -0.2) is 0 Å². The average Bonchev–Trinajstić information content (AvgIpc) is 2.81. The first-order valence-electron chi connectivity index (χ1n) is 7.71. The lowest BCUT2D eigenvalue weighted by Crippen LogP contribution is -2.14. The summed E-state index contributed by atoms with van der Waals surface area (Å²) in [6.45, 7) is 0. The third kappa shape index (κ3) is 3.88. The number of hydrogen-bond donors (Lipinski definition) is 2. The largest absolute Gasteiger partial charge is 0.497 e. The van der Waals surface area contributed by atoms with Gasteiger partial charge < -0.3 is 20.1 Å². The van der Waals surface area contributed by atoms with E-state index < -0.39 is 0 Å². The maximum atomic E-state index is 12.6. The van der Waals surface area contributed by atoms with Crippen molar-refractivity contribution in [2.75, 3.05) is 30.6 Å².